The van der Waals surface area contributed by atoms with E-state index in [0.717, 1.165) is 6.07 Å². The van der Waals surface area contributed by atoms with Gasteiger partial charge in [-0.1, -0.05) is 35.3 Å². The Balaban J connectivity index is 2.09. The molecule has 0 unspecified atom stereocenters. The van der Waals surface area contributed by atoms with Crippen molar-refractivity contribution in [3.8, 4) is 0 Å². The quantitative estimate of drug-likeness (QED) is 0.394. The summed E-state index contributed by atoms with van der Waals surface area (Å²) in [7, 11) is 1.56. The number of halogens is 5. The standard InChI is InChI=1S/C22H20Cl2F3NO2/c1-21(2,3)30-20(29)14-8-9-17(23)15(18(14)24)10-12-11-28(4)19-13(12)6-5-7-16(19)22(25,26)27/h5-9,11H,10H2,1-4H3. The first-order valence-electron chi connectivity index (χ1n) is 9.14. The molecule has 0 aliphatic heterocycles. The molecule has 1 heterocycles. The number of esters is 1. The Labute approximate surface area is 182 Å². The number of aryl methyl sites for hydroxylation is 1. The Hall–Kier alpha value is -2.18. The van der Waals surface area contributed by atoms with Crippen molar-refractivity contribution in [1.82, 2.24) is 4.57 Å². The summed E-state index contributed by atoms with van der Waals surface area (Å²) in [5.41, 5.74) is -0.120. The first-order chi connectivity index (χ1) is 13.8. The van der Waals surface area contributed by atoms with E-state index in [-0.39, 0.29) is 22.5 Å². The number of benzene rings is 2. The highest BCUT2D eigenvalue weighted by molar-refractivity contribution is 6.38. The zero-order valence-electron chi connectivity index (χ0n) is 16.8. The van der Waals surface area contributed by atoms with Crippen molar-refractivity contribution in [2.75, 3.05) is 0 Å². The fourth-order valence-electron chi connectivity index (χ4n) is 3.36. The van der Waals surface area contributed by atoms with Gasteiger partial charge in [-0.25, -0.2) is 4.79 Å². The second kappa shape index (κ2) is 7.82. The molecule has 3 aromatic rings. The Bertz CT molecular complexity index is 1130. The highest BCUT2D eigenvalue weighted by atomic mass is 35.5. The third-order valence-electron chi connectivity index (χ3n) is 4.56. The van der Waals surface area contributed by atoms with E-state index in [2.05, 4.69) is 0 Å². The smallest absolute Gasteiger partial charge is 0.418 e. The van der Waals surface area contributed by atoms with Gasteiger partial charge in [0.15, 0.2) is 0 Å². The SMILES string of the molecule is Cn1cc(Cc2c(Cl)ccc(C(=O)OC(C)(C)C)c2Cl)c2cccc(C(F)(F)F)c21. The summed E-state index contributed by atoms with van der Waals surface area (Å²) in [6, 6.07) is 7.06. The average molecular weight is 458 g/mol. The molecule has 0 aliphatic rings. The van der Waals surface area contributed by atoms with Crippen molar-refractivity contribution in [1.29, 1.82) is 0 Å². The van der Waals surface area contributed by atoms with Gasteiger partial charge in [-0.3, -0.25) is 0 Å². The van der Waals surface area contributed by atoms with Gasteiger partial charge in [0.25, 0.3) is 0 Å². The number of hydrogen-bond donors (Lipinski definition) is 0. The lowest BCUT2D eigenvalue weighted by Gasteiger charge is -2.20. The molecule has 0 amide bonds. The van der Waals surface area contributed by atoms with Gasteiger partial charge in [-0.2, -0.15) is 13.2 Å². The average Bonchev–Trinajstić information content (AvgIpc) is 2.92. The normalized spacial score (nSPS) is 12.4. The zero-order valence-corrected chi connectivity index (χ0v) is 18.3. The molecule has 3 nitrogen and oxygen atoms in total. The van der Waals surface area contributed by atoms with Crippen molar-refractivity contribution >= 4 is 40.1 Å². The van der Waals surface area contributed by atoms with Crippen molar-refractivity contribution < 1.29 is 22.7 Å². The monoisotopic (exact) mass is 457 g/mol. The summed E-state index contributed by atoms with van der Waals surface area (Å²) < 4.78 is 47.1. The molecule has 30 heavy (non-hydrogen) atoms. The summed E-state index contributed by atoms with van der Waals surface area (Å²) in [4.78, 5) is 12.5. The van der Waals surface area contributed by atoms with Crippen molar-refractivity contribution in [2.24, 2.45) is 7.05 Å². The van der Waals surface area contributed by atoms with Crippen molar-refractivity contribution in [3.05, 3.63) is 68.8 Å². The number of carbonyl (C=O) groups is 1. The van der Waals surface area contributed by atoms with E-state index in [0.29, 0.717) is 21.5 Å². The molecule has 0 saturated heterocycles. The van der Waals surface area contributed by atoms with Gasteiger partial charge in [-0.05, 0) is 50.1 Å². The maximum Gasteiger partial charge on any atom is 0.418 e. The van der Waals surface area contributed by atoms with Crippen molar-refractivity contribution in [2.45, 2.75) is 39.0 Å². The van der Waals surface area contributed by atoms with Crippen LogP contribution in [-0.2, 0) is 24.4 Å². The van der Waals surface area contributed by atoms with Gasteiger partial charge in [0.2, 0.25) is 0 Å². The van der Waals surface area contributed by atoms with E-state index >= 15 is 0 Å². The third kappa shape index (κ3) is 4.44. The molecule has 160 valence electrons. The van der Waals surface area contributed by atoms with Crippen LogP contribution in [0.15, 0.2) is 36.5 Å². The fraction of sp³-hybridized carbons (Fsp3) is 0.318. The lowest BCUT2D eigenvalue weighted by molar-refractivity contribution is -0.136. The summed E-state index contributed by atoms with van der Waals surface area (Å²) >= 11 is 12.8. The number of alkyl halides is 3. The van der Waals surface area contributed by atoms with Crippen LogP contribution in [0.1, 0.15) is 47.8 Å². The van der Waals surface area contributed by atoms with E-state index < -0.39 is 23.3 Å². The van der Waals surface area contributed by atoms with Gasteiger partial charge in [0, 0.05) is 30.1 Å². The third-order valence-corrected chi connectivity index (χ3v) is 5.35. The summed E-state index contributed by atoms with van der Waals surface area (Å²) in [6.07, 6.45) is -2.70. The molecular formula is C22H20Cl2F3NO2. The van der Waals surface area contributed by atoms with E-state index in [1.54, 1.807) is 40.1 Å². The highest BCUT2D eigenvalue weighted by Gasteiger charge is 2.34. The molecule has 2 aromatic carbocycles. The van der Waals surface area contributed by atoms with Crippen LogP contribution in [0.4, 0.5) is 13.2 Å². The topological polar surface area (TPSA) is 31.2 Å². The van der Waals surface area contributed by atoms with Gasteiger partial charge in [-0.15, -0.1) is 0 Å². The Morgan fingerprint density at radius 2 is 1.77 bits per heavy atom. The number of rotatable bonds is 3. The fourth-order valence-corrected chi connectivity index (χ4v) is 3.94. The highest BCUT2D eigenvalue weighted by Crippen LogP contribution is 2.38. The number of fused-ring (bicyclic) bond motifs is 1. The van der Waals surface area contributed by atoms with Crippen LogP contribution in [0.5, 0.6) is 0 Å². The molecule has 3 rings (SSSR count). The molecule has 0 bridgehead atoms. The van der Waals surface area contributed by atoms with E-state index in [1.807, 2.05) is 0 Å². The number of aromatic nitrogens is 1. The maximum absolute atomic E-state index is 13.4. The minimum atomic E-state index is -4.48. The van der Waals surface area contributed by atoms with Gasteiger partial charge >= 0.3 is 12.1 Å². The number of ether oxygens (including phenoxy) is 1. The minimum Gasteiger partial charge on any atom is -0.456 e. The van der Waals surface area contributed by atoms with Crippen LogP contribution in [0.25, 0.3) is 10.9 Å². The van der Waals surface area contributed by atoms with Crippen LogP contribution >= 0.6 is 23.2 Å². The van der Waals surface area contributed by atoms with E-state index in [9.17, 15) is 18.0 Å². The molecular weight excluding hydrogens is 438 g/mol. The van der Waals surface area contributed by atoms with Crippen molar-refractivity contribution in [3.63, 3.8) is 0 Å². The number of para-hydroxylation sites is 1. The molecule has 0 atom stereocenters. The maximum atomic E-state index is 13.4. The van der Waals surface area contributed by atoms with Crippen LogP contribution in [0, 0.1) is 0 Å². The lowest BCUT2D eigenvalue weighted by atomic mass is 10.0. The van der Waals surface area contributed by atoms with Crippen LogP contribution in [0.2, 0.25) is 10.0 Å². The van der Waals surface area contributed by atoms with E-state index in [1.165, 1.54) is 22.8 Å². The second-order valence-electron chi connectivity index (χ2n) is 8.03. The summed E-state index contributed by atoms with van der Waals surface area (Å²) in [5, 5.41) is 0.888. The first kappa shape index (κ1) is 22.5. The molecule has 1 aromatic heterocycles. The first-order valence-corrected chi connectivity index (χ1v) is 9.89. The Morgan fingerprint density at radius 1 is 1.10 bits per heavy atom. The predicted octanol–water partition coefficient (Wildman–Crippen LogP) is 7.05. The van der Waals surface area contributed by atoms with Crippen LogP contribution in [0.3, 0.4) is 0 Å². The zero-order chi connectivity index (χ0) is 22.4. The molecule has 0 fully saturated rings. The minimum absolute atomic E-state index is 0.0792. The van der Waals surface area contributed by atoms with Gasteiger partial charge in [0.05, 0.1) is 21.7 Å². The second-order valence-corrected chi connectivity index (χ2v) is 8.82. The Kier molecular flexibility index (Phi) is 5.87. The van der Waals surface area contributed by atoms with Gasteiger partial charge < -0.3 is 9.30 Å². The molecule has 0 N–H and O–H groups in total. The summed E-state index contributed by atoms with van der Waals surface area (Å²) in [5.74, 6) is -0.595. The number of carbonyl (C=O) groups excluding carboxylic acids is 1. The predicted molar refractivity (Wildman–Crippen MR) is 112 cm³/mol. The van der Waals surface area contributed by atoms with Crippen LogP contribution < -0.4 is 0 Å². The molecule has 0 radical (unpaired) electrons. The summed E-state index contributed by atoms with van der Waals surface area (Å²) in [6.45, 7) is 5.22. The molecule has 8 heteroatoms. The largest absolute Gasteiger partial charge is 0.456 e. The van der Waals surface area contributed by atoms with Gasteiger partial charge in [0.1, 0.15) is 5.60 Å². The number of hydrogen-bond acceptors (Lipinski definition) is 2. The number of nitrogens with zero attached hydrogens (tertiary/aromatic N) is 1. The molecule has 0 spiro atoms. The lowest BCUT2D eigenvalue weighted by Crippen LogP contribution is -2.24. The molecule has 0 saturated carbocycles. The molecule has 0 aliphatic carbocycles. The van der Waals surface area contributed by atoms with E-state index in [4.69, 9.17) is 27.9 Å². The Morgan fingerprint density at radius 3 is 2.37 bits per heavy atom. The van der Waals surface area contributed by atoms with Crippen LogP contribution in [-0.4, -0.2) is 16.1 Å².